The Morgan fingerprint density at radius 3 is 2.08 bits per heavy atom. The molecule has 1 N–H and O–H groups in total. The first-order chi connectivity index (χ1) is 16.9. The first-order valence-electron chi connectivity index (χ1n) is 12.3. The summed E-state index contributed by atoms with van der Waals surface area (Å²) in [5.41, 5.74) is -3.00. The molecule has 36 heavy (non-hydrogen) atoms. The van der Waals surface area contributed by atoms with Gasteiger partial charge in [0.2, 0.25) is 5.91 Å². The Hall–Kier alpha value is -3.35. The number of nitro groups is 3. The van der Waals surface area contributed by atoms with Crippen LogP contribution in [-0.2, 0) is 4.79 Å². The van der Waals surface area contributed by atoms with Gasteiger partial charge in [0.25, 0.3) is 11.4 Å². The second kappa shape index (κ2) is 12.6. The molecule has 2 heterocycles. The van der Waals surface area contributed by atoms with Crippen molar-refractivity contribution in [2.75, 3.05) is 19.6 Å². The number of piperidine rings is 2. The predicted octanol–water partition coefficient (Wildman–Crippen LogP) is 4.26. The second-order valence-electron chi connectivity index (χ2n) is 9.40. The van der Waals surface area contributed by atoms with Gasteiger partial charge in [0, 0.05) is 25.6 Å². The van der Waals surface area contributed by atoms with Gasteiger partial charge in [-0.05, 0) is 57.5 Å². The highest BCUT2D eigenvalue weighted by Gasteiger charge is 2.45. The third-order valence-electron chi connectivity index (χ3n) is 7.10. The number of amides is 1. The van der Waals surface area contributed by atoms with Gasteiger partial charge in [-0.2, -0.15) is 0 Å². The Bertz CT molecular complexity index is 950. The number of phenolic OH excluding ortho intramolecular Hbond substituents is 1. The summed E-state index contributed by atoms with van der Waals surface area (Å²) in [6.07, 6.45) is 6.34. The zero-order valence-electron chi connectivity index (χ0n) is 21.2. The van der Waals surface area contributed by atoms with Crippen molar-refractivity contribution in [3.8, 4) is 5.75 Å². The van der Waals surface area contributed by atoms with Gasteiger partial charge in [-0.1, -0.05) is 20.3 Å². The van der Waals surface area contributed by atoms with Crippen LogP contribution >= 0.6 is 0 Å². The van der Waals surface area contributed by atoms with E-state index in [1.54, 1.807) is 6.92 Å². The maximum absolute atomic E-state index is 12.0. The zero-order chi connectivity index (χ0) is 27.2. The Balaban J connectivity index is 0.000000261. The van der Waals surface area contributed by atoms with Gasteiger partial charge in [-0.15, -0.1) is 0 Å². The summed E-state index contributed by atoms with van der Waals surface area (Å²) >= 11 is 0. The molecule has 1 aromatic carbocycles. The van der Waals surface area contributed by atoms with Gasteiger partial charge in [-0.3, -0.25) is 40.0 Å². The fourth-order valence-electron chi connectivity index (χ4n) is 5.61. The minimum atomic E-state index is -1.21. The average molecular weight is 510 g/mol. The number of rotatable bonds is 7. The minimum absolute atomic E-state index is 0.268. The van der Waals surface area contributed by atoms with Crippen LogP contribution in [0.25, 0.3) is 0 Å². The van der Waals surface area contributed by atoms with Crippen molar-refractivity contribution in [2.24, 2.45) is 11.8 Å². The lowest BCUT2D eigenvalue weighted by molar-refractivity contribution is -0.404. The third kappa shape index (κ3) is 6.45. The Morgan fingerprint density at radius 2 is 1.64 bits per heavy atom. The number of non-ortho nitro benzene ring substituents is 1. The molecule has 2 fully saturated rings. The van der Waals surface area contributed by atoms with E-state index in [1.807, 2.05) is 0 Å². The molecule has 2 aliphatic rings. The van der Waals surface area contributed by atoms with E-state index in [2.05, 4.69) is 30.6 Å². The molecule has 1 aromatic rings. The number of aromatic hydroxyl groups is 1. The number of nitro benzene ring substituents is 3. The molecular formula is C23H35N5O8. The summed E-state index contributed by atoms with van der Waals surface area (Å²) in [5, 5.41) is 40.2. The molecule has 13 nitrogen and oxygen atoms in total. The molecule has 0 aromatic heterocycles. The largest absolute Gasteiger partial charge is 0.497 e. The highest BCUT2D eigenvalue weighted by Crippen LogP contribution is 2.40. The van der Waals surface area contributed by atoms with E-state index in [1.165, 1.54) is 45.2 Å². The van der Waals surface area contributed by atoms with E-state index in [0.29, 0.717) is 36.1 Å². The van der Waals surface area contributed by atoms with Crippen LogP contribution in [0.15, 0.2) is 12.1 Å². The van der Waals surface area contributed by atoms with Crippen molar-refractivity contribution < 1.29 is 24.7 Å². The van der Waals surface area contributed by atoms with Gasteiger partial charge in [0.05, 0.1) is 26.9 Å². The number of phenols is 1. The van der Waals surface area contributed by atoms with Crippen LogP contribution < -0.4 is 0 Å². The van der Waals surface area contributed by atoms with Crippen LogP contribution in [0.2, 0.25) is 0 Å². The summed E-state index contributed by atoms with van der Waals surface area (Å²) < 4.78 is 0. The average Bonchev–Trinajstić information content (AvgIpc) is 2.80. The van der Waals surface area contributed by atoms with Gasteiger partial charge in [0.15, 0.2) is 0 Å². The third-order valence-corrected chi connectivity index (χ3v) is 7.10. The van der Waals surface area contributed by atoms with E-state index >= 15 is 0 Å². The normalized spacial score (nSPS) is 23.7. The number of benzene rings is 1. The van der Waals surface area contributed by atoms with Crippen LogP contribution in [0.1, 0.15) is 59.8 Å². The van der Waals surface area contributed by atoms with Crippen LogP contribution in [-0.4, -0.2) is 67.3 Å². The number of carbonyl (C=O) groups excluding carboxylic acids is 1. The van der Waals surface area contributed by atoms with Gasteiger partial charge in [0.1, 0.15) is 0 Å². The van der Waals surface area contributed by atoms with Gasteiger partial charge in [-0.25, -0.2) is 0 Å². The summed E-state index contributed by atoms with van der Waals surface area (Å²) in [6, 6.07) is 2.02. The first-order valence-corrected chi connectivity index (χ1v) is 12.3. The molecule has 1 amide bonds. The molecular weight excluding hydrogens is 474 g/mol. The van der Waals surface area contributed by atoms with E-state index in [4.69, 9.17) is 5.11 Å². The highest BCUT2D eigenvalue weighted by molar-refractivity contribution is 5.73. The van der Waals surface area contributed by atoms with E-state index in [9.17, 15) is 35.1 Å². The lowest BCUT2D eigenvalue weighted by atomic mass is 9.72. The number of nitrogens with zero attached hydrogens (tertiary/aromatic N) is 5. The quantitative estimate of drug-likeness (QED) is 0.416. The number of carbonyl (C=O) groups is 1. The number of likely N-dealkylation sites (tertiary alicyclic amines) is 2. The van der Waals surface area contributed by atoms with Crippen molar-refractivity contribution in [3.63, 3.8) is 0 Å². The molecule has 0 radical (unpaired) electrons. The van der Waals surface area contributed by atoms with E-state index < -0.39 is 37.6 Å². The molecule has 4 unspecified atom stereocenters. The fourth-order valence-corrected chi connectivity index (χ4v) is 5.61. The molecule has 200 valence electrons. The zero-order valence-corrected chi connectivity index (χ0v) is 21.2. The Kier molecular flexibility index (Phi) is 10.1. The van der Waals surface area contributed by atoms with Gasteiger partial charge < -0.3 is 10.0 Å². The molecule has 0 saturated carbocycles. The molecule has 13 heteroatoms. The highest BCUT2D eigenvalue weighted by atomic mass is 16.6. The van der Waals surface area contributed by atoms with Gasteiger partial charge >= 0.3 is 11.4 Å². The molecule has 0 aliphatic carbocycles. The van der Waals surface area contributed by atoms with Crippen LogP contribution in [0.5, 0.6) is 5.75 Å². The monoisotopic (exact) mass is 509 g/mol. The smallest absolute Gasteiger partial charge is 0.324 e. The maximum Gasteiger partial charge on any atom is 0.324 e. The Labute approximate surface area is 209 Å². The standard InChI is InChI=1S/C17H32N2O.C6H3N3O7/c1-5-8-16-13(3)19(14(4)20)12-15-9-7-11-18(10-6-2)17(15)16;10-6-4(8(13)14)1-3(7(11)12)2-5(6)9(15)16/h13,15-17H,5-12H2,1-4H3;1-2,10H. The fraction of sp³-hybridized carbons (Fsp3) is 0.696. The topological polar surface area (TPSA) is 173 Å². The van der Waals surface area contributed by atoms with Crippen LogP contribution in [0, 0.1) is 42.2 Å². The SMILES string of the molecule is CCCC1C2C(CCCN2CCC)CN(C(C)=O)C1C.O=[N+]([O-])c1cc([N+](=O)[O-])c(O)c([N+](=O)[O-])c1. The molecule has 0 spiro atoms. The second-order valence-corrected chi connectivity index (χ2v) is 9.40. The summed E-state index contributed by atoms with van der Waals surface area (Å²) in [4.78, 5) is 44.6. The molecule has 2 saturated heterocycles. The molecule has 4 atom stereocenters. The van der Waals surface area contributed by atoms with Crippen molar-refractivity contribution in [1.82, 2.24) is 9.80 Å². The van der Waals surface area contributed by atoms with Crippen LogP contribution in [0.3, 0.4) is 0 Å². The number of fused-ring (bicyclic) bond motifs is 1. The first kappa shape index (κ1) is 28.9. The maximum atomic E-state index is 12.0. The van der Waals surface area contributed by atoms with Crippen molar-refractivity contribution in [3.05, 3.63) is 42.5 Å². The van der Waals surface area contributed by atoms with Crippen molar-refractivity contribution in [2.45, 2.75) is 71.9 Å². The summed E-state index contributed by atoms with van der Waals surface area (Å²) in [5.74, 6) is 0.423. The summed E-state index contributed by atoms with van der Waals surface area (Å²) in [6.45, 7) is 12.1. The molecule has 3 rings (SSSR count). The molecule has 2 aliphatic heterocycles. The summed E-state index contributed by atoms with van der Waals surface area (Å²) in [7, 11) is 0. The van der Waals surface area contributed by atoms with E-state index in [0.717, 1.165) is 6.54 Å². The Morgan fingerprint density at radius 1 is 1.06 bits per heavy atom. The lowest BCUT2D eigenvalue weighted by Gasteiger charge is -2.54. The van der Waals surface area contributed by atoms with Crippen molar-refractivity contribution >= 4 is 23.0 Å². The predicted molar refractivity (Wildman–Crippen MR) is 132 cm³/mol. The number of hydrogen-bond acceptors (Lipinski definition) is 9. The van der Waals surface area contributed by atoms with Crippen LogP contribution in [0.4, 0.5) is 17.1 Å². The molecule has 0 bridgehead atoms. The minimum Gasteiger partial charge on any atom is -0.497 e. The van der Waals surface area contributed by atoms with Crippen molar-refractivity contribution in [1.29, 1.82) is 0 Å². The number of hydrogen-bond donors (Lipinski definition) is 1. The lowest BCUT2D eigenvalue weighted by Crippen LogP contribution is -2.63. The van der Waals surface area contributed by atoms with E-state index in [-0.39, 0.29) is 5.91 Å².